The van der Waals surface area contributed by atoms with Crippen LogP contribution in [0.3, 0.4) is 0 Å². The fourth-order valence-corrected chi connectivity index (χ4v) is 2.31. The van der Waals surface area contributed by atoms with E-state index in [1.807, 2.05) is 30.3 Å². The number of carbonyl (C=O) groups excluding carboxylic acids is 1. The molecule has 1 aromatic heterocycles. The number of hydrogen-bond donors (Lipinski definition) is 2. The van der Waals surface area contributed by atoms with Gasteiger partial charge in [0.1, 0.15) is 6.61 Å². The van der Waals surface area contributed by atoms with Crippen LogP contribution in [0.25, 0.3) is 0 Å². The number of amides is 1. The third-order valence-corrected chi connectivity index (χ3v) is 3.30. The van der Waals surface area contributed by atoms with Crippen LogP contribution in [0.1, 0.15) is 23.7 Å². The van der Waals surface area contributed by atoms with Crippen LogP contribution in [-0.4, -0.2) is 22.2 Å². The summed E-state index contributed by atoms with van der Waals surface area (Å²) in [6, 6.07) is 8.54. The maximum atomic E-state index is 11.8. The summed E-state index contributed by atoms with van der Waals surface area (Å²) < 4.78 is 5.07. The van der Waals surface area contributed by atoms with Crippen molar-refractivity contribution in [2.24, 2.45) is 0 Å². The number of carbonyl (C=O) groups is 2. The second kappa shape index (κ2) is 7.39. The van der Waals surface area contributed by atoms with Gasteiger partial charge in [-0.1, -0.05) is 30.3 Å². The monoisotopic (exact) mass is 306 g/mol. The van der Waals surface area contributed by atoms with E-state index in [0.29, 0.717) is 5.69 Å². The molecule has 0 saturated heterocycles. The van der Waals surface area contributed by atoms with E-state index in [2.05, 4.69) is 10.3 Å². The van der Waals surface area contributed by atoms with Gasteiger partial charge < -0.3 is 15.2 Å². The van der Waals surface area contributed by atoms with Gasteiger partial charge in [-0.15, -0.1) is 11.3 Å². The third kappa shape index (κ3) is 4.88. The zero-order valence-electron chi connectivity index (χ0n) is 11.1. The Hall–Kier alpha value is -2.41. The molecular weight excluding hydrogens is 292 g/mol. The predicted octanol–water partition coefficient (Wildman–Crippen LogP) is 2.59. The van der Waals surface area contributed by atoms with Crippen LogP contribution < -0.4 is 5.32 Å². The van der Waals surface area contributed by atoms with Crippen LogP contribution in [0.4, 0.5) is 4.79 Å². The lowest BCUT2D eigenvalue weighted by molar-refractivity contribution is -0.137. The van der Waals surface area contributed by atoms with Gasteiger partial charge in [0.05, 0.1) is 23.7 Å². The molecule has 1 heterocycles. The Kier molecular flexibility index (Phi) is 5.28. The van der Waals surface area contributed by atoms with Gasteiger partial charge in [-0.2, -0.15) is 0 Å². The molecule has 0 bridgehead atoms. The number of rotatable bonds is 6. The van der Waals surface area contributed by atoms with Crippen molar-refractivity contribution in [2.75, 3.05) is 0 Å². The molecular formula is C14H14N2O4S. The lowest BCUT2D eigenvalue weighted by atomic mass is 10.1. The number of benzene rings is 1. The van der Waals surface area contributed by atoms with Gasteiger partial charge in [0.2, 0.25) is 0 Å². The molecule has 2 N–H and O–H groups in total. The van der Waals surface area contributed by atoms with E-state index in [1.165, 1.54) is 11.3 Å². The summed E-state index contributed by atoms with van der Waals surface area (Å²) in [6.45, 7) is 0.129. The number of ether oxygens (including phenoxy) is 1. The first-order chi connectivity index (χ1) is 10.1. The van der Waals surface area contributed by atoms with Crippen LogP contribution >= 0.6 is 11.3 Å². The summed E-state index contributed by atoms with van der Waals surface area (Å²) in [5.74, 6) is -1.02. The van der Waals surface area contributed by atoms with Crippen molar-refractivity contribution in [3.05, 3.63) is 52.5 Å². The van der Waals surface area contributed by atoms with Gasteiger partial charge in [0.15, 0.2) is 0 Å². The summed E-state index contributed by atoms with van der Waals surface area (Å²) in [6.07, 6.45) is -0.914. The number of nitrogens with one attached hydrogen (secondary N) is 1. The first kappa shape index (κ1) is 15.0. The van der Waals surface area contributed by atoms with Gasteiger partial charge in [-0.3, -0.25) is 4.79 Å². The van der Waals surface area contributed by atoms with E-state index >= 15 is 0 Å². The Balaban J connectivity index is 1.90. The zero-order valence-corrected chi connectivity index (χ0v) is 11.9. The van der Waals surface area contributed by atoms with Crippen molar-refractivity contribution in [1.82, 2.24) is 10.3 Å². The number of nitrogens with zero attached hydrogens (tertiary/aromatic N) is 1. The fourth-order valence-electron chi connectivity index (χ4n) is 1.71. The van der Waals surface area contributed by atoms with Crippen LogP contribution in [0.5, 0.6) is 0 Å². The second-order valence-electron chi connectivity index (χ2n) is 4.27. The maximum Gasteiger partial charge on any atom is 0.408 e. The topological polar surface area (TPSA) is 88.5 Å². The molecule has 0 saturated carbocycles. The molecule has 7 heteroatoms. The Bertz CT molecular complexity index is 586. The Morgan fingerprint density at radius 2 is 2.10 bits per heavy atom. The quantitative estimate of drug-likeness (QED) is 0.856. The molecule has 110 valence electrons. The largest absolute Gasteiger partial charge is 0.481 e. The Morgan fingerprint density at radius 3 is 2.71 bits per heavy atom. The number of thiazole rings is 1. The van der Waals surface area contributed by atoms with E-state index in [4.69, 9.17) is 9.84 Å². The van der Waals surface area contributed by atoms with Crippen LogP contribution in [0.2, 0.25) is 0 Å². The first-order valence-electron chi connectivity index (χ1n) is 6.22. The Labute approximate surface area is 125 Å². The SMILES string of the molecule is O=C(O)C[C@H](NC(=O)OCc1ccccc1)c1cscn1. The van der Waals surface area contributed by atoms with Gasteiger partial charge in [-0.25, -0.2) is 9.78 Å². The molecule has 0 aliphatic carbocycles. The van der Waals surface area contributed by atoms with Crippen LogP contribution in [-0.2, 0) is 16.1 Å². The van der Waals surface area contributed by atoms with E-state index in [0.717, 1.165) is 5.56 Å². The van der Waals surface area contributed by atoms with E-state index in [1.54, 1.807) is 10.9 Å². The summed E-state index contributed by atoms with van der Waals surface area (Å²) >= 11 is 1.34. The average Bonchev–Trinajstić information content (AvgIpc) is 2.99. The van der Waals surface area contributed by atoms with Gasteiger partial charge in [-0.05, 0) is 5.56 Å². The normalized spacial score (nSPS) is 11.6. The highest BCUT2D eigenvalue weighted by Gasteiger charge is 2.20. The maximum absolute atomic E-state index is 11.8. The van der Waals surface area contributed by atoms with E-state index in [9.17, 15) is 9.59 Å². The molecule has 1 amide bonds. The van der Waals surface area contributed by atoms with E-state index < -0.39 is 18.1 Å². The van der Waals surface area contributed by atoms with Crippen molar-refractivity contribution in [1.29, 1.82) is 0 Å². The molecule has 0 unspecified atom stereocenters. The Morgan fingerprint density at radius 1 is 1.33 bits per heavy atom. The molecule has 1 atom stereocenters. The molecule has 0 radical (unpaired) electrons. The summed E-state index contributed by atoms with van der Waals surface area (Å²) in [5, 5.41) is 13.1. The number of carboxylic acids is 1. The second-order valence-corrected chi connectivity index (χ2v) is 4.99. The molecule has 2 rings (SSSR count). The number of aromatic nitrogens is 1. The minimum atomic E-state index is -1.02. The smallest absolute Gasteiger partial charge is 0.408 e. The van der Waals surface area contributed by atoms with Crippen molar-refractivity contribution in [3.63, 3.8) is 0 Å². The van der Waals surface area contributed by atoms with Crippen LogP contribution in [0, 0.1) is 0 Å². The van der Waals surface area contributed by atoms with Crippen LogP contribution in [0.15, 0.2) is 41.2 Å². The molecule has 0 spiro atoms. The number of aliphatic carboxylic acids is 1. The average molecular weight is 306 g/mol. The lowest BCUT2D eigenvalue weighted by Gasteiger charge is -2.14. The van der Waals surface area contributed by atoms with Crippen molar-refractivity contribution in [3.8, 4) is 0 Å². The summed E-state index contributed by atoms with van der Waals surface area (Å²) in [7, 11) is 0. The summed E-state index contributed by atoms with van der Waals surface area (Å²) in [4.78, 5) is 26.6. The third-order valence-electron chi connectivity index (χ3n) is 2.69. The molecule has 1 aromatic carbocycles. The zero-order chi connectivity index (χ0) is 15.1. The molecule has 0 aliphatic rings. The molecule has 6 nitrogen and oxygen atoms in total. The highest BCUT2D eigenvalue weighted by Crippen LogP contribution is 2.17. The standard InChI is InChI=1S/C14H14N2O4S/c17-13(18)6-11(12-8-21-9-15-12)16-14(19)20-7-10-4-2-1-3-5-10/h1-5,8-9,11H,6-7H2,(H,16,19)(H,17,18)/t11-/m0/s1. The fraction of sp³-hybridized carbons (Fsp3) is 0.214. The minimum absolute atomic E-state index is 0.129. The van der Waals surface area contributed by atoms with Gasteiger partial charge >= 0.3 is 12.1 Å². The highest BCUT2D eigenvalue weighted by molar-refractivity contribution is 7.07. The summed E-state index contributed by atoms with van der Waals surface area (Å²) in [5.41, 5.74) is 2.96. The molecule has 0 aliphatic heterocycles. The molecule has 0 fully saturated rings. The lowest BCUT2D eigenvalue weighted by Crippen LogP contribution is -2.30. The molecule has 21 heavy (non-hydrogen) atoms. The van der Waals surface area contributed by atoms with E-state index in [-0.39, 0.29) is 13.0 Å². The number of alkyl carbamates (subject to hydrolysis) is 1. The predicted molar refractivity (Wildman–Crippen MR) is 76.9 cm³/mol. The minimum Gasteiger partial charge on any atom is -0.481 e. The van der Waals surface area contributed by atoms with Gasteiger partial charge in [0, 0.05) is 5.38 Å². The highest BCUT2D eigenvalue weighted by atomic mass is 32.1. The van der Waals surface area contributed by atoms with Crippen molar-refractivity contribution >= 4 is 23.4 Å². The number of hydrogen-bond acceptors (Lipinski definition) is 5. The van der Waals surface area contributed by atoms with Crippen molar-refractivity contribution < 1.29 is 19.4 Å². The number of carboxylic acid groups (broad SMARTS) is 1. The first-order valence-corrected chi connectivity index (χ1v) is 7.16. The van der Waals surface area contributed by atoms with Gasteiger partial charge in [0.25, 0.3) is 0 Å². The van der Waals surface area contributed by atoms with Crippen molar-refractivity contribution in [2.45, 2.75) is 19.1 Å². The molecule has 2 aromatic rings.